The fourth-order valence-corrected chi connectivity index (χ4v) is 3.19. The van der Waals surface area contributed by atoms with Crippen molar-refractivity contribution in [2.75, 3.05) is 13.1 Å². The van der Waals surface area contributed by atoms with Crippen LogP contribution in [-0.2, 0) is 11.2 Å². The lowest BCUT2D eigenvalue weighted by molar-refractivity contribution is -0.136. The van der Waals surface area contributed by atoms with Crippen molar-refractivity contribution in [3.05, 3.63) is 35.4 Å². The Bertz CT molecular complexity index is 464. The Morgan fingerprint density at radius 2 is 2.10 bits per heavy atom. The number of carbonyl (C=O) groups is 1. The van der Waals surface area contributed by atoms with Gasteiger partial charge in [-0.3, -0.25) is 4.79 Å². The van der Waals surface area contributed by atoms with Gasteiger partial charge in [0, 0.05) is 25.6 Å². The number of nitrogens with zero attached hydrogens (tertiary/aromatic N) is 1. The standard InChI is InChI=1S/C17H26N2O.ClH/c1-13-6-3-4-8-15(13)9-10-17(20)19-11-5-7-14(2)16(19)12-18;/h3-4,6,8,14,16H,5,7,9-12,18H2,1-2H3;1H. The van der Waals surface area contributed by atoms with E-state index in [1.807, 2.05) is 17.0 Å². The van der Waals surface area contributed by atoms with Gasteiger partial charge in [-0.05, 0) is 43.2 Å². The molecule has 2 rings (SSSR count). The molecule has 2 atom stereocenters. The second-order valence-corrected chi connectivity index (χ2v) is 5.94. The lowest BCUT2D eigenvalue weighted by Crippen LogP contribution is -2.51. The van der Waals surface area contributed by atoms with E-state index in [4.69, 9.17) is 5.73 Å². The first-order valence-corrected chi connectivity index (χ1v) is 7.67. The number of hydrogen-bond acceptors (Lipinski definition) is 2. The molecule has 1 aliphatic rings. The molecule has 2 unspecified atom stereocenters. The van der Waals surface area contributed by atoms with Crippen LogP contribution in [0.2, 0.25) is 0 Å². The van der Waals surface area contributed by atoms with Crippen molar-refractivity contribution in [1.82, 2.24) is 4.90 Å². The van der Waals surface area contributed by atoms with Gasteiger partial charge >= 0.3 is 0 Å². The lowest BCUT2D eigenvalue weighted by Gasteiger charge is -2.39. The van der Waals surface area contributed by atoms with E-state index in [-0.39, 0.29) is 24.4 Å². The maximum absolute atomic E-state index is 12.5. The van der Waals surface area contributed by atoms with Gasteiger partial charge in [0.1, 0.15) is 0 Å². The second-order valence-electron chi connectivity index (χ2n) is 5.94. The average molecular weight is 311 g/mol. The maximum atomic E-state index is 12.5. The smallest absolute Gasteiger partial charge is 0.223 e. The molecule has 0 radical (unpaired) electrons. The number of aryl methyl sites for hydroxylation is 2. The Hall–Kier alpha value is -1.06. The van der Waals surface area contributed by atoms with Crippen LogP contribution in [0.25, 0.3) is 0 Å². The van der Waals surface area contributed by atoms with Crippen molar-refractivity contribution in [3.8, 4) is 0 Å². The van der Waals surface area contributed by atoms with E-state index in [0.717, 1.165) is 19.4 Å². The molecule has 0 aromatic heterocycles. The van der Waals surface area contributed by atoms with Crippen molar-refractivity contribution in [2.45, 2.75) is 45.6 Å². The molecule has 1 saturated heterocycles. The predicted octanol–water partition coefficient (Wildman–Crippen LogP) is 2.94. The molecular weight excluding hydrogens is 284 g/mol. The van der Waals surface area contributed by atoms with Gasteiger partial charge < -0.3 is 10.6 Å². The SMILES string of the molecule is Cc1ccccc1CCC(=O)N1CCCC(C)C1CN.Cl. The first-order chi connectivity index (χ1) is 9.63. The number of carbonyl (C=O) groups excluding carboxylic acids is 1. The molecule has 4 heteroatoms. The Morgan fingerprint density at radius 3 is 2.76 bits per heavy atom. The molecule has 2 N–H and O–H groups in total. The summed E-state index contributed by atoms with van der Waals surface area (Å²) in [6.45, 7) is 5.76. The zero-order valence-electron chi connectivity index (χ0n) is 13.0. The fourth-order valence-electron chi connectivity index (χ4n) is 3.19. The van der Waals surface area contributed by atoms with Crippen molar-refractivity contribution in [2.24, 2.45) is 11.7 Å². The van der Waals surface area contributed by atoms with Crippen LogP contribution in [-0.4, -0.2) is 29.9 Å². The van der Waals surface area contributed by atoms with Crippen molar-refractivity contribution in [1.29, 1.82) is 0 Å². The zero-order valence-corrected chi connectivity index (χ0v) is 13.9. The summed E-state index contributed by atoms with van der Waals surface area (Å²) < 4.78 is 0. The van der Waals surface area contributed by atoms with Gasteiger partial charge in [-0.15, -0.1) is 12.4 Å². The molecule has 1 aromatic rings. The van der Waals surface area contributed by atoms with E-state index in [1.54, 1.807) is 0 Å². The van der Waals surface area contributed by atoms with Gasteiger partial charge in [0.25, 0.3) is 0 Å². The van der Waals surface area contributed by atoms with E-state index < -0.39 is 0 Å². The van der Waals surface area contributed by atoms with Crippen LogP contribution in [0.4, 0.5) is 0 Å². The van der Waals surface area contributed by atoms with E-state index in [9.17, 15) is 4.79 Å². The van der Waals surface area contributed by atoms with Gasteiger partial charge in [0.2, 0.25) is 5.91 Å². The van der Waals surface area contributed by atoms with Crippen LogP contribution < -0.4 is 5.73 Å². The van der Waals surface area contributed by atoms with Crippen molar-refractivity contribution < 1.29 is 4.79 Å². The van der Waals surface area contributed by atoms with Crippen LogP contribution in [0.5, 0.6) is 0 Å². The molecule has 21 heavy (non-hydrogen) atoms. The molecule has 1 aromatic carbocycles. The Kier molecular flexibility index (Phi) is 7.20. The molecule has 0 saturated carbocycles. The van der Waals surface area contributed by atoms with Crippen LogP contribution in [0.3, 0.4) is 0 Å². The van der Waals surface area contributed by atoms with E-state index in [2.05, 4.69) is 26.0 Å². The summed E-state index contributed by atoms with van der Waals surface area (Å²) in [5.74, 6) is 0.784. The van der Waals surface area contributed by atoms with Gasteiger partial charge in [-0.2, -0.15) is 0 Å². The van der Waals surface area contributed by atoms with E-state index in [0.29, 0.717) is 18.9 Å². The van der Waals surface area contributed by atoms with Crippen LogP contribution in [0, 0.1) is 12.8 Å². The lowest BCUT2D eigenvalue weighted by atomic mass is 9.90. The van der Waals surface area contributed by atoms with Gasteiger partial charge in [-0.25, -0.2) is 0 Å². The largest absolute Gasteiger partial charge is 0.338 e. The number of halogens is 1. The maximum Gasteiger partial charge on any atom is 0.223 e. The molecule has 0 bridgehead atoms. The molecule has 0 spiro atoms. The van der Waals surface area contributed by atoms with Gasteiger partial charge in [-0.1, -0.05) is 31.2 Å². The molecule has 118 valence electrons. The summed E-state index contributed by atoms with van der Waals surface area (Å²) in [4.78, 5) is 14.5. The van der Waals surface area contributed by atoms with Crippen LogP contribution >= 0.6 is 12.4 Å². The molecule has 3 nitrogen and oxygen atoms in total. The monoisotopic (exact) mass is 310 g/mol. The number of hydrogen-bond donors (Lipinski definition) is 1. The zero-order chi connectivity index (χ0) is 14.5. The Morgan fingerprint density at radius 1 is 1.38 bits per heavy atom. The highest BCUT2D eigenvalue weighted by atomic mass is 35.5. The van der Waals surface area contributed by atoms with Crippen molar-refractivity contribution >= 4 is 18.3 Å². The molecule has 1 aliphatic heterocycles. The highest BCUT2D eigenvalue weighted by Crippen LogP contribution is 2.23. The summed E-state index contributed by atoms with van der Waals surface area (Å²) in [5, 5.41) is 0. The highest BCUT2D eigenvalue weighted by molar-refractivity contribution is 5.85. The third kappa shape index (κ3) is 4.45. The number of likely N-dealkylation sites (tertiary alicyclic amines) is 1. The van der Waals surface area contributed by atoms with E-state index in [1.165, 1.54) is 17.5 Å². The molecule has 1 fully saturated rings. The Labute approximate surface area is 134 Å². The average Bonchev–Trinajstić information content (AvgIpc) is 2.46. The molecule has 1 amide bonds. The fraction of sp³-hybridized carbons (Fsp3) is 0.588. The third-order valence-electron chi connectivity index (χ3n) is 4.55. The number of amides is 1. The summed E-state index contributed by atoms with van der Waals surface area (Å²) in [5.41, 5.74) is 8.40. The first kappa shape index (κ1) is 18.0. The molecule has 0 aliphatic carbocycles. The highest BCUT2D eigenvalue weighted by Gasteiger charge is 2.30. The summed E-state index contributed by atoms with van der Waals surface area (Å²) in [7, 11) is 0. The minimum atomic E-state index is 0. The van der Waals surface area contributed by atoms with E-state index >= 15 is 0 Å². The quantitative estimate of drug-likeness (QED) is 0.929. The Balaban J connectivity index is 0.00000220. The summed E-state index contributed by atoms with van der Waals surface area (Å²) >= 11 is 0. The topological polar surface area (TPSA) is 46.3 Å². The number of nitrogens with two attached hydrogens (primary N) is 1. The van der Waals surface area contributed by atoms with Crippen molar-refractivity contribution in [3.63, 3.8) is 0 Å². The third-order valence-corrected chi connectivity index (χ3v) is 4.55. The van der Waals surface area contributed by atoms with Crippen LogP contribution in [0.1, 0.15) is 37.3 Å². The molecule has 1 heterocycles. The predicted molar refractivity (Wildman–Crippen MR) is 89.7 cm³/mol. The minimum Gasteiger partial charge on any atom is -0.338 e. The summed E-state index contributed by atoms with van der Waals surface area (Å²) in [6.07, 6.45) is 3.71. The normalized spacial score (nSPS) is 21.8. The van der Waals surface area contributed by atoms with Crippen LogP contribution in [0.15, 0.2) is 24.3 Å². The molecular formula is C17H27ClN2O. The van der Waals surface area contributed by atoms with Gasteiger partial charge in [0.05, 0.1) is 0 Å². The minimum absolute atomic E-state index is 0. The number of rotatable bonds is 4. The first-order valence-electron chi connectivity index (χ1n) is 7.67. The second kappa shape index (κ2) is 8.40. The number of piperidine rings is 1. The van der Waals surface area contributed by atoms with Gasteiger partial charge in [0.15, 0.2) is 0 Å². The summed E-state index contributed by atoms with van der Waals surface area (Å²) in [6, 6.07) is 8.52. The number of benzene rings is 1.